The first-order valence-corrected chi connectivity index (χ1v) is 7.73. The van der Waals surface area contributed by atoms with Crippen molar-refractivity contribution in [2.45, 2.75) is 19.9 Å². The Morgan fingerprint density at radius 3 is 2.44 bits per heavy atom. The second-order valence-corrected chi connectivity index (χ2v) is 5.45. The van der Waals surface area contributed by atoms with Gasteiger partial charge in [0.25, 0.3) is 5.91 Å². The van der Waals surface area contributed by atoms with Crippen molar-refractivity contribution in [1.29, 1.82) is 0 Å². The summed E-state index contributed by atoms with van der Waals surface area (Å²) in [5.41, 5.74) is 0.807. The zero-order chi connectivity index (χ0) is 18.6. The van der Waals surface area contributed by atoms with E-state index < -0.39 is 11.9 Å². The number of ether oxygens (including phenoxy) is 2. The fraction of sp³-hybridized carbons (Fsp3) is 0.333. The van der Waals surface area contributed by atoms with E-state index in [2.05, 4.69) is 0 Å². The van der Waals surface area contributed by atoms with Gasteiger partial charge in [0.05, 0.1) is 14.2 Å². The number of hydrogen-bond acceptors (Lipinski definition) is 5. The number of amides is 1. The number of aryl methyl sites for hydroxylation is 1. The fourth-order valence-corrected chi connectivity index (χ4v) is 2.48. The van der Waals surface area contributed by atoms with Crippen LogP contribution >= 0.6 is 0 Å². The highest BCUT2D eigenvalue weighted by Crippen LogP contribution is 2.26. The maximum atomic E-state index is 12.5. The van der Waals surface area contributed by atoms with Crippen LogP contribution in [-0.2, 0) is 13.0 Å². The summed E-state index contributed by atoms with van der Waals surface area (Å²) in [6.45, 7) is 2.04. The number of nitrogens with zero attached hydrogens (tertiary/aromatic N) is 1. The molecule has 0 saturated carbocycles. The monoisotopic (exact) mass is 347 g/mol. The van der Waals surface area contributed by atoms with E-state index in [1.165, 1.54) is 11.0 Å². The Kier molecular flexibility index (Phi) is 5.69. The summed E-state index contributed by atoms with van der Waals surface area (Å²) in [6.07, 6.45) is 0.394. The molecule has 1 heterocycles. The number of carboxylic acid groups (broad SMARTS) is 1. The lowest BCUT2D eigenvalue weighted by Crippen LogP contribution is -2.26. The summed E-state index contributed by atoms with van der Waals surface area (Å²) in [5.74, 6) is 0.0212. The summed E-state index contributed by atoms with van der Waals surface area (Å²) < 4.78 is 15.9. The third kappa shape index (κ3) is 3.93. The molecule has 1 aromatic heterocycles. The summed E-state index contributed by atoms with van der Waals surface area (Å²) in [5, 5.41) is 9.17. The molecule has 0 aliphatic rings. The number of carbonyl (C=O) groups is 2. The molecule has 0 spiro atoms. The van der Waals surface area contributed by atoms with Gasteiger partial charge < -0.3 is 23.9 Å². The summed E-state index contributed by atoms with van der Waals surface area (Å²) in [4.78, 5) is 25.2. The van der Waals surface area contributed by atoms with Gasteiger partial charge in [-0.25, -0.2) is 4.79 Å². The largest absolute Gasteiger partial charge is 0.497 e. The fourth-order valence-electron chi connectivity index (χ4n) is 2.48. The number of carbonyl (C=O) groups excluding carboxylic acids is 1. The van der Waals surface area contributed by atoms with Crippen molar-refractivity contribution in [3.8, 4) is 11.5 Å². The predicted molar refractivity (Wildman–Crippen MR) is 90.4 cm³/mol. The highest BCUT2D eigenvalue weighted by atomic mass is 16.5. The van der Waals surface area contributed by atoms with Crippen LogP contribution in [0.2, 0.25) is 0 Å². The molecule has 1 aromatic carbocycles. The molecular formula is C18H21NO6. The third-order valence-corrected chi connectivity index (χ3v) is 3.82. The lowest BCUT2D eigenvalue weighted by Gasteiger charge is -2.18. The Bertz CT molecular complexity index is 780. The molecule has 0 aliphatic carbocycles. The zero-order valence-corrected chi connectivity index (χ0v) is 14.7. The molecule has 134 valence electrons. The molecule has 0 fully saturated rings. The predicted octanol–water partition coefficient (Wildman–Crippen LogP) is 2.83. The van der Waals surface area contributed by atoms with Crippen LogP contribution in [0, 0.1) is 0 Å². The Balaban J connectivity index is 2.22. The molecule has 0 saturated heterocycles. The van der Waals surface area contributed by atoms with E-state index in [1.54, 1.807) is 40.3 Å². The molecule has 0 bridgehead atoms. The second kappa shape index (κ2) is 7.74. The Labute approximate surface area is 145 Å². The SMILES string of the molecule is CCc1oc(C(=O)N(C)Cc2ccc(OC)cc2OC)cc1C(=O)O. The number of methoxy groups -OCH3 is 2. The molecule has 1 N–H and O–H groups in total. The van der Waals surface area contributed by atoms with Gasteiger partial charge in [0, 0.05) is 37.7 Å². The van der Waals surface area contributed by atoms with Crippen molar-refractivity contribution < 1.29 is 28.6 Å². The van der Waals surface area contributed by atoms with E-state index in [0.717, 1.165) is 5.56 Å². The molecule has 0 radical (unpaired) electrons. The maximum absolute atomic E-state index is 12.5. The van der Waals surface area contributed by atoms with Crippen molar-refractivity contribution in [2.24, 2.45) is 0 Å². The third-order valence-electron chi connectivity index (χ3n) is 3.82. The first-order chi connectivity index (χ1) is 11.9. The average molecular weight is 347 g/mol. The van der Waals surface area contributed by atoms with E-state index in [-0.39, 0.29) is 23.6 Å². The van der Waals surface area contributed by atoms with Crippen molar-refractivity contribution >= 4 is 11.9 Å². The van der Waals surface area contributed by atoms with Gasteiger partial charge >= 0.3 is 5.97 Å². The van der Waals surface area contributed by atoms with Gasteiger partial charge in [0.1, 0.15) is 22.8 Å². The minimum absolute atomic E-state index is 0.00392. The van der Waals surface area contributed by atoms with Crippen LogP contribution in [-0.4, -0.2) is 43.2 Å². The molecule has 25 heavy (non-hydrogen) atoms. The number of benzene rings is 1. The topological polar surface area (TPSA) is 89.2 Å². The van der Waals surface area contributed by atoms with Gasteiger partial charge in [0.2, 0.25) is 0 Å². The molecule has 2 aromatic rings. The van der Waals surface area contributed by atoms with Crippen molar-refractivity contribution in [3.05, 3.63) is 46.9 Å². The lowest BCUT2D eigenvalue weighted by atomic mass is 10.1. The van der Waals surface area contributed by atoms with Gasteiger partial charge in [-0.1, -0.05) is 6.92 Å². The minimum atomic E-state index is -1.11. The summed E-state index contributed by atoms with van der Waals surface area (Å²) in [7, 11) is 4.71. The van der Waals surface area contributed by atoms with Gasteiger partial charge in [-0.15, -0.1) is 0 Å². The number of aromatic carboxylic acids is 1. The number of furan rings is 1. The van der Waals surface area contributed by atoms with Crippen LogP contribution < -0.4 is 9.47 Å². The Hall–Kier alpha value is -2.96. The number of carboxylic acids is 1. The van der Waals surface area contributed by atoms with Gasteiger partial charge in [-0.2, -0.15) is 0 Å². The van der Waals surface area contributed by atoms with Crippen molar-refractivity contribution in [1.82, 2.24) is 4.90 Å². The minimum Gasteiger partial charge on any atom is -0.497 e. The van der Waals surface area contributed by atoms with E-state index in [0.29, 0.717) is 17.9 Å². The highest BCUT2D eigenvalue weighted by Gasteiger charge is 2.23. The standard InChI is InChI=1S/C18H21NO6/c1-5-14-13(18(21)22)9-16(25-14)17(20)19(2)10-11-6-7-12(23-3)8-15(11)24-4/h6-9H,5,10H2,1-4H3,(H,21,22). The van der Waals surface area contributed by atoms with Crippen LogP contribution in [0.5, 0.6) is 11.5 Å². The zero-order valence-electron chi connectivity index (χ0n) is 14.7. The summed E-state index contributed by atoms with van der Waals surface area (Å²) in [6, 6.07) is 6.59. The van der Waals surface area contributed by atoms with Gasteiger partial charge in [-0.3, -0.25) is 4.79 Å². The van der Waals surface area contributed by atoms with Gasteiger partial charge in [-0.05, 0) is 12.1 Å². The molecule has 2 rings (SSSR count). The van der Waals surface area contributed by atoms with Crippen LogP contribution in [0.4, 0.5) is 0 Å². The molecule has 7 heteroatoms. The van der Waals surface area contributed by atoms with Crippen LogP contribution in [0.3, 0.4) is 0 Å². The van der Waals surface area contributed by atoms with E-state index in [9.17, 15) is 14.7 Å². The average Bonchev–Trinajstić information content (AvgIpc) is 3.05. The van der Waals surface area contributed by atoms with Crippen LogP contribution in [0.25, 0.3) is 0 Å². The Morgan fingerprint density at radius 1 is 1.20 bits per heavy atom. The molecule has 0 atom stereocenters. The highest BCUT2D eigenvalue weighted by molar-refractivity contribution is 5.96. The second-order valence-electron chi connectivity index (χ2n) is 5.45. The van der Waals surface area contributed by atoms with E-state index in [1.807, 2.05) is 6.07 Å². The van der Waals surface area contributed by atoms with E-state index in [4.69, 9.17) is 13.9 Å². The van der Waals surface area contributed by atoms with Gasteiger partial charge in [0.15, 0.2) is 5.76 Å². The molecule has 1 amide bonds. The first-order valence-electron chi connectivity index (χ1n) is 7.73. The Morgan fingerprint density at radius 2 is 1.92 bits per heavy atom. The van der Waals surface area contributed by atoms with Crippen molar-refractivity contribution in [3.63, 3.8) is 0 Å². The smallest absolute Gasteiger partial charge is 0.339 e. The molecule has 0 unspecified atom stereocenters. The van der Waals surface area contributed by atoms with E-state index >= 15 is 0 Å². The number of rotatable bonds is 7. The number of hydrogen-bond donors (Lipinski definition) is 1. The first kappa shape index (κ1) is 18.4. The van der Waals surface area contributed by atoms with Crippen molar-refractivity contribution in [2.75, 3.05) is 21.3 Å². The van der Waals surface area contributed by atoms with Crippen LogP contribution in [0.15, 0.2) is 28.7 Å². The maximum Gasteiger partial charge on any atom is 0.339 e. The quantitative estimate of drug-likeness (QED) is 0.828. The molecule has 0 aliphatic heterocycles. The lowest BCUT2D eigenvalue weighted by molar-refractivity contribution is 0.0692. The van der Waals surface area contributed by atoms with Crippen LogP contribution in [0.1, 0.15) is 39.2 Å². The molecular weight excluding hydrogens is 326 g/mol. The molecule has 7 nitrogen and oxygen atoms in total. The normalized spacial score (nSPS) is 10.4. The summed E-state index contributed by atoms with van der Waals surface area (Å²) >= 11 is 0.